The number of benzene rings is 1. The monoisotopic (exact) mass is 314 g/mol. The Morgan fingerprint density at radius 1 is 1.30 bits per heavy atom. The summed E-state index contributed by atoms with van der Waals surface area (Å²) in [6.45, 7) is 7.26. The molecule has 3 aliphatic rings. The van der Waals surface area contributed by atoms with Crippen molar-refractivity contribution in [1.29, 1.82) is 0 Å². The van der Waals surface area contributed by atoms with Gasteiger partial charge in [0, 0.05) is 48.5 Å². The number of carbonyl (C=O) groups excluding carboxylic acids is 1. The van der Waals surface area contributed by atoms with Gasteiger partial charge in [-0.2, -0.15) is 0 Å². The first-order chi connectivity index (χ1) is 11.1. The zero-order chi connectivity index (χ0) is 16.0. The molecule has 1 aliphatic carbocycles. The molecule has 1 saturated heterocycles. The molecule has 1 aromatic rings. The molecule has 2 aliphatic heterocycles. The van der Waals surface area contributed by atoms with E-state index in [2.05, 4.69) is 42.3 Å². The molecule has 0 aromatic heterocycles. The van der Waals surface area contributed by atoms with Crippen LogP contribution in [0.1, 0.15) is 45.1 Å². The van der Waals surface area contributed by atoms with Gasteiger partial charge in [-0.15, -0.1) is 0 Å². The Kier molecular flexibility index (Phi) is 3.60. The van der Waals surface area contributed by atoms with Crippen molar-refractivity contribution < 1.29 is 9.53 Å². The predicted octanol–water partition coefficient (Wildman–Crippen LogP) is 3.31. The highest BCUT2D eigenvalue weighted by Gasteiger charge is 2.44. The molecule has 23 heavy (non-hydrogen) atoms. The van der Waals surface area contributed by atoms with Crippen LogP contribution in [0.2, 0.25) is 0 Å². The Labute approximate surface area is 138 Å². The number of nitrogens with zero attached hydrogens (tertiary/aromatic N) is 1. The highest BCUT2D eigenvalue weighted by atomic mass is 16.5. The zero-order valence-corrected chi connectivity index (χ0v) is 14.1. The number of hydrogen-bond acceptors (Lipinski definition) is 3. The summed E-state index contributed by atoms with van der Waals surface area (Å²) in [5, 5.41) is 3.11. The van der Waals surface area contributed by atoms with Gasteiger partial charge < -0.3 is 15.0 Å². The molecule has 0 bridgehead atoms. The van der Waals surface area contributed by atoms with Gasteiger partial charge in [0.15, 0.2) is 0 Å². The lowest BCUT2D eigenvalue weighted by Gasteiger charge is -2.35. The van der Waals surface area contributed by atoms with E-state index in [0.29, 0.717) is 6.04 Å². The van der Waals surface area contributed by atoms with Gasteiger partial charge in [0.2, 0.25) is 5.91 Å². The van der Waals surface area contributed by atoms with E-state index in [1.807, 2.05) is 0 Å². The highest BCUT2D eigenvalue weighted by Crippen LogP contribution is 2.48. The average Bonchev–Trinajstić information content (AvgIpc) is 3.35. The van der Waals surface area contributed by atoms with E-state index >= 15 is 0 Å². The number of carbonyl (C=O) groups is 1. The van der Waals surface area contributed by atoms with Crippen LogP contribution in [-0.2, 0) is 14.9 Å². The summed E-state index contributed by atoms with van der Waals surface area (Å²) in [7, 11) is 0. The maximum atomic E-state index is 12.1. The molecular weight excluding hydrogens is 288 g/mol. The van der Waals surface area contributed by atoms with E-state index in [0.717, 1.165) is 51.1 Å². The van der Waals surface area contributed by atoms with Crippen LogP contribution in [0.15, 0.2) is 18.2 Å². The van der Waals surface area contributed by atoms with Crippen LogP contribution >= 0.6 is 0 Å². The van der Waals surface area contributed by atoms with Gasteiger partial charge in [-0.25, -0.2) is 0 Å². The first-order valence-electron chi connectivity index (χ1n) is 8.89. The molecular formula is C19H26N2O2. The maximum Gasteiger partial charge on any atom is 0.227 e. The third-order valence-electron chi connectivity index (χ3n) is 5.64. The summed E-state index contributed by atoms with van der Waals surface area (Å²) in [5.74, 6) is 0.428. The fourth-order valence-corrected chi connectivity index (χ4v) is 4.03. The van der Waals surface area contributed by atoms with E-state index in [9.17, 15) is 4.79 Å². The van der Waals surface area contributed by atoms with Crippen LogP contribution < -0.4 is 10.2 Å². The first-order valence-corrected chi connectivity index (χ1v) is 8.89. The van der Waals surface area contributed by atoms with Crippen molar-refractivity contribution >= 4 is 17.3 Å². The fraction of sp³-hybridized carbons (Fsp3) is 0.632. The van der Waals surface area contributed by atoms with E-state index < -0.39 is 0 Å². The van der Waals surface area contributed by atoms with Crippen molar-refractivity contribution in [2.45, 2.75) is 51.0 Å². The van der Waals surface area contributed by atoms with Crippen LogP contribution in [0.5, 0.6) is 0 Å². The topological polar surface area (TPSA) is 41.6 Å². The lowest BCUT2D eigenvalue weighted by molar-refractivity contribution is -0.117. The SMILES string of the molecule is CC(C)N1CC2(CCOCC2)c2cc(NC(=O)C3CC3)ccc21. The van der Waals surface area contributed by atoms with Crippen molar-refractivity contribution in [1.82, 2.24) is 0 Å². The van der Waals surface area contributed by atoms with Crippen molar-refractivity contribution in [3.05, 3.63) is 23.8 Å². The summed E-state index contributed by atoms with van der Waals surface area (Å²) in [6, 6.07) is 6.97. The standard InChI is InChI=1S/C19H26N2O2/c1-13(2)21-12-19(7-9-23-10-8-19)16-11-15(5-6-17(16)21)20-18(22)14-3-4-14/h5-6,11,13-14H,3-4,7-10,12H2,1-2H3,(H,20,22). The second-order valence-electron chi connectivity index (χ2n) is 7.61. The quantitative estimate of drug-likeness (QED) is 0.930. The summed E-state index contributed by atoms with van der Waals surface area (Å²) < 4.78 is 5.61. The average molecular weight is 314 g/mol. The first kappa shape index (κ1) is 15.0. The lowest BCUT2D eigenvalue weighted by atomic mass is 9.75. The molecule has 4 rings (SSSR count). The summed E-state index contributed by atoms with van der Waals surface area (Å²) in [6.07, 6.45) is 4.23. The number of ether oxygens (including phenoxy) is 1. The second-order valence-corrected chi connectivity index (χ2v) is 7.61. The van der Waals surface area contributed by atoms with E-state index in [1.165, 1.54) is 11.3 Å². The normalized spacial score (nSPS) is 22.5. The Hall–Kier alpha value is -1.55. The summed E-state index contributed by atoms with van der Waals surface area (Å²) in [4.78, 5) is 14.6. The van der Waals surface area contributed by atoms with Gasteiger partial charge in [0.1, 0.15) is 0 Å². The van der Waals surface area contributed by atoms with Gasteiger partial charge in [-0.1, -0.05) is 0 Å². The van der Waals surface area contributed by atoms with Gasteiger partial charge in [0.25, 0.3) is 0 Å². The molecule has 1 amide bonds. The molecule has 2 fully saturated rings. The van der Waals surface area contributed by atoms with Crippen LogP contribution in [-0.4, -0.2) is 31.7 Å². The molecule has 0 radical (unpaired) electrons. The molecule has 2 heterocycles. The predicted molar refractivity (Wildman–Crippen MR) is 92.0 cm³/mol. The molecule has 0 atom stereocenters. The van der Waals surface area contributed by atoms with Gasteiger partial charge in [-0.05, 0) is 63.3 Å². The smallest absolute Gasteiger partial charge is 0.227 e. The van der Waals surface area contributed by atoms with Gasteiger partial charge in [0.05, 0.1) is 0 Å². The lowest BCUT2D eigenvalue weighted by Crippen LogP contribution is -2.40. The van der Waals surface area contributed by atoms with Crippen LogP contribution in [0.3, 0.4) is 0 Å². The Balaban J connectivity index is 1.68. The molecule has 4 heteroatoms. The second kappa shape index (κ2) is 5.52. The van der Waals surface area contributed by atoms with Crippen molar-refractivity contribution in [2.24, 2.45) is 5.92 Å². The van der Waals surface area contributed by atoms with E-state index in [-0.39, 0.29) is 17.2 Å². The number of anilines is 2. The van der Waals surface area contributed by atoms with Crippen molar-refractivity contribution in [2.75, 3.05) is 30.0 Å². The number of hydrogen-bond donors (Lipinski definition) is 1. The maximum absolute atomic E-state index is 12.1. The zero-order valence-electron chi connectivity index (χ0n) is 14.1. The third kappa shape index (κ3) is 2.63. The Bertz CT molecular complexity index is 616. The molecule has 124 valence electrons. The van der Waals surface area contributed by atoms with E-state index in [1.54, 1.807) is 0 Å². The number of amides is 1. The van der Waals surface area contributed by atoms with E-state index in [4.69, 9.17) is 4.74 Å². The highest BCUT2D eigenvalue weighted by molar-refractivity contribution is 5.94. The molecule has 4 nitrogen and oxygen atoms in total. The minimum Gasteiger partial charge on any atom is -0.381 e. The molecule has 0 unspecified atom stereocenters. The molecule has 1 aromatic carbocycles. The van der Waals surface area contributed by atoms with Crippen LogP contribution in [0, 0.1) is 5.92 Å². The summed E-state index contributed by atoms with van der Waals surface area (Å²) >= 11 is 0. The number of fused-ring (bicyclic) bond motifs is 2. The third-order valence-corrected chi connectivity index (χ3v) is 5.64. The van der Waals surface area contributed by atoms with Gasteiger partial charge >= 0.3 is 0 Å². The molecule has 1 saturated carbocycles. The minimum atomic E-state index is 0.185. The van der Waals surface area contributed by atoms with Crippen LogP contribution in [0.4, 0.5) is 11.4 Å². The number of nitrogens with one attached hydrogen (secondary N) is 1. The Morgan fingerprint density at radius 3 is 2.70 bits per heavy atom. The Morgan fingerprint density at radius 2 is 2.04 bits per heavy atom. The molecule has 1 spiro atoms. The molecule has 1 N–H and O–H groups in total. The minimum absolute atomic E-state index is 0.185. The fourth-order valence-electron chi connectivity index (χ4n) is 4.03. The van der Waals surface area contributed by atoms with Crippen LogP contribution in [0.25, 0.3) is 0 Å². The van der Waals surface area contributed by atoms with Gasteiger partial charge in [-0.3, -0.25) is 4.79 Å². The number of rotatable bonds is 3. The van der Waals surface area contributed by atoms with Crippen molar-refractivity contribution in [3.8, 4) is 0 Å². The largest absolute Gasteiger partial charge is 0.381 e. The van der Waals surface area contributed by atoms with Crippen molar-refractivity contribution in [3.63, 3.8) is 0 Å². The summed E-state index contributed by atoms with van der Waals surface area (Å²) in [5.41, 5.74) is 3.89.